The number of hydrogen-bond donors (Lipinski definition) is 2. The van der Waals surface area contributed by atoms with Crippen LogP contribution in [0.5, 0.6) is 0 Å². The molecule has 0 unspecified atom stereocenters. The van der Waals surface area contributed by atoms with E-state index >= 15 is 0 Å². The van der Waals surface area contributed by atoms with Crippen LogP contribution in [0.2, 0.25) is 0 Å². The molecule has 16 heavy (non-hydrogen) atoms. The maximum atomic E-state index is 11.4. The highest BCUT2D eigenvalue weighted by molar-refractivity contribution is 5.84. The minimum atomic E-state index is -0.250. The lowest BCUT2D eigenvalue weighted by Crippen LogP contribution is -2.45. The Bertz CT molecular complexity index is 242. The van der Waals surface area contributed by atoms with E-state index in [1.807, 2.05) is 20.8 Å². The van der Waals surface area contributed by atoms with Gasteiger partial charge < -0.3 is 10.6 Å². The summed E-state index contributed by atoms with van der Waals surface area (Å²) in [5.41, 5.74) is -0.250. The molecule has 0 saturated carbocycles. The first-order chi connectivity index (χ1) is 7.20. The summed E-state index contributed by atoms with van der Waals surface area (Å²) in [5.74, 6) is 0.303. The van der Waals surface area contributed by atoms with Crippen LogP contribution >= 0.6 is 0 Å². The molecule has 0 aromatic carbocycles. The van der Waals surface area contributed by atoms with Crippen LogP contribution in [0.1, 0.15) is 47.5 Å². The third kappa shape index (κ3) is 9.49. The van der Waals surface area contributed by atoms with E-state index < -0.39 is 0 Å². The largest absolute Gasteiger partial charge is 0.350 e. The molecule has 0 spiro atoms. The normalized spacial score (nSPS) is 11.4. The minimum absolute atomic E-state index is 0.0576. The molecular weight excluding hydrogens is 204 g/mol. The highest BCUT2D eigenvalue weighted by Gasteiger charge is 2.14. The van der Waals surface area contributed by atoms with Crippen LogP contribution < -0.4 is 10.6 Å². The van der Waals surface area contributed by atoms with Gasteiger partial charge in [-0.15, -0.1) is 0 Å². The summed E-state index contributed by atoms with van der Waals surface area (Å²) in [6.45, 7) is 9.93. The standard InChI is InChI=1S/C12H24N2O2/c1-9(2)6-7-10(15)13-8-11(16)14-12(3,4)5/h9H,6-8H2,1-5H3,(H,13,15)(H,14,16). The van der Waals surface area contributed by atoms with Crippen LogP contribution in [0.3, 0.4) is 0 Å². The van der Waals surface area contributed by atoms with Gasteiger partial charge in [0.2, 0.25) is 11.8 Å². The van der Waals surface area contributed by atoms with Crippen molar-refractivity contribution in [3.05, 3.63) is 0 Å². The Hall–Kier alpha value is -1.06. The molecule has 0 saturated heterocycles. The molecule has 4 nitrogen and oxygen atoms in total. The molecule has 0 aliphatic rings. The van der Waals surface area contributed by atoms with E-state index in [0.717, 1.165) is 6.42 Å². The van der Waals surface area contributed by atoms with Gasteiger partial charge in [0.25, 0.3) is 0 Å². The number of nitrogens with one attached hydrogen (secondary N) is 2. The fourth-order valence-corrected chi connectivity index (χ4v) is 1.15. The molecule has 0 bridgehead atoms. The van der Waals surface area contributed by atoms with Gasteiger partial charge in [-0.05, 0) is 33.1 Å². The summed E-state index contributed by atoms with van der Waals surface area (Å²) < 4.78 is 0. The summed E-state index contributed by atoms with van der Waals surface area (Å²) >= 11 is 0. The first kappa shape index (κ1) is 14.9. The SMILES string of the molecule is CC(C)CCC(=O)NCC(=O)NC(C)(C)C. The highest BCUT2D eigenvalue weighted by atomic mass is 16.2. The predicted octanol–water partition coefficient (Wildman–Crippen LogP) is 1.45. The van der Waals surface area contributed by atoms with E-state index in [1.165, 1.54) is 0 Å². The van der Waals surface area contributed by atoms with E-state index in [9.17, 15) is 9.59 Å². The Morgan fingerprint density at radius 1 is 1.12 bits per heavy atom. The Kier molecular flexibility index (Phi) is 6.08. The fourth-order valence-electron chi connectivity index (χ4n) is 1.15. The number of carbonyl (C=O) groups is 2. The molecule has 2 N–H and O–H groups in total. The molecular formula is C12H24N2O2. The van der Waals surface area contributed by atoms with Crippen LogP contribution in [-0.2, 0) is 9.59 Å². The van der Waals surface area contributed by atoms with Gasteiger partial charge in [-0.3, -0.25) is 9.59 Å². The van der Waals surface area contributed by atoms with E-state index in [4.69, 9.17) is 0 Å². The summed E-state index contributed by atoms with van der Waals surface area (Å²) in [5, 5.41) is 5.40. The van der Waals surface area contributed by atoms with Gasteiger partial charge in [0.15, 0.2) is 0 Å². The number of amides is 2. The average molecular weight is 228 g/mol. The van der Waals surface area contributed by atoms with Crippen LogP contribution in [0.15, 0.2) is 0 Å². The number of hydrogen-bond acceptors (Lipinski definition) is 2. The summed E-state index contributed by atoms with van der Waals surface area (Å²) in [4.78, 5) is 22.7. The third-order valence-electron chi connectivity index (χ3n) is 1.91. The Labute approximate surface area is 98.2 Å². The van der Waals surface area contributed by atoms with Gasteiger partial charge in [-0.2, -0.15) is 0 Å². The highest BCUT2D eigenvalue weighted by Crippen LogP contribution is 2.02. The molecule has 0 heterocycles. The van der Waals surface area contributed by atoms with E-state index in [2.05, 4.69) is 24.5 Å². The first-order valence-corrected chi connectivity index (χ1v) is 5.78. The minimum Gasteiger partial charge on any atom is -0.350 e. The quantitative estimate of drug-likeness (QED) is 0.748. The van der Waals surface area contributed by atoms with Crippen molar-refractivity contribution in [2.45, 2.75) is 53.0 Å². The smallest absolute Gasteiger partial charge is 0.239 e. The number of rotatable bonds is 5. The lowest BCUT2D eigenvalue weighted by molar-refractivity contribution is -0.127. The van der Waals surface area contributed by atoms with E-state index in [-0.39, 0.29) is 23.9 Å². The summed E-state index contributed by atoms with van der Waals surface area (Å²) in [6.07, 6.45) is 1.34. The van der Waals surface area contributed by atoms with Crippen molar-refractivity contribution in [1.82, 2.24) is 10.6 Å². The molecule has 0 aliphatic heterocycles. The Morgan fingerprint density at radius 3 is 2.12 bits per heavy atom. The molecule has 0 aromatic heterocycles. The maximum absolute atomic E-state index is 11.4. The average Bonchev–Trinajstić information content (AvgIpc) is 2.08. The fraction of sp³-hybridized carbons (Fsp3) is 0.833. The molecule has 0 radical (unpaired) electrons. The Morgan fingerprint density at radius 2 is 1.69 bits per heavy atom. The zero-order valence-corrected chi connectivity index (χ0v) is 11.0. The molecule has 0 rings (SSSR count). The second-order valence-corrected chi connectivity index (χ2v) is 5.51. The van der Waals surface area contributed by atoms with Crippen LogP contribution in [0.25, 0.3) is 0 Å². The van der Waals surface area contributed by atoms with Crippen molar-refractivity contribution >= 4 is 11.8 Å². The monoisotopic (exact) mass is 228 g/mol. The van der Waals surface area contributed by atoms with Crippen LogP contribution in [-0.4, -0.2) is 23.9 Å². The molecule has 2 amide bonds. The van der Waals surface area contributed by atoms with Crippen LogP contribution in [0, 0.1) is 5.92 Å². The topological polar surface area (TPSA) is 58.2 Å². The molecule has 0 aliphatic carbocycles. The second kappa shape index (κ2) is 6.51. The van der Waals surface area contributed by atoms with Crippen molar-refractivity contribution in [3.8, 4) is 0 Å². The van der Waals surface area contributed by atoms with E-state index in [0.29, 0.717) is 12.3 Å². The second-order valence-electron chi connectivity index (χ2n) is 5.51. The predicted molar refractivity (Wildman–Crippen MR) is 65.0 cm³/mol. The molecule has 4 heteroatoms. The zero-order chi connectivity index (χ0) is 12.8. The van der Waals surface area contributed by atoms with Crippen molar-refractivity contribution in [3.63, 3.8) is 0 Å². The number of carbonyl (C=O) groups excluding carboxylic acids is 2. The van der Waals surface area contributed by atoms with Gasteiger partial charge in [-0.1, -0.05) is 13.8 Å². The maximum Gasteiger partial charge on any atom is 0.239 e. The van der Waals surface area contributed by atoms with Gasteiger partial charge in [0, 0.05) is 12.0 Å². The van der Waals surface area contributed by atoms with Crippen molar-refractivity contribution in [2.75, 3.05) is 6.54 Å². The van der Waals surface area contributed by atoms with Gasteiger partial charge in [-0.25, -0.2) is 0 Å². The Balaban J connectivity index is 3.72. The van der Waals surface area contributed by atoms with Gasteiger partial charge >= 0.3 is 0 Å². The third-order valence-corrected chi connectivity index (χ3v) is 1.91. The first-order valence-electron chi connectivity index (χ1n) is 5.78. The zero-order valence-electron chi connectivity index (χ0n) is 11.0. The van der Waals surface area contributed by atoms with E-state index in [1.54, 1.807) is 0 Å². The summed E-state index contributed by atoms with van der Waals surface area (Å²) in [7, 11) is 0. The van der Waals surface area contributed by atoms with Crippen molar-refractivity contribution < 1.29 is 9.59 Å². The summed E-state index contributed by atoms with van der Waals surface area (Å²) in [6, 6.07) is 0. The van der Waals surface area contributed by atoms with Gasteiger partial charge in [0.05, 0.1) is 6.54 Å². The molecule has 0 atom stereocenters. The molecule has 0 fully saturated rings. The van der Waals surface area contributed by atoms with Crippen LogP contribution in [0.4, 0.5) is 0 Å². The van der Waals surface area contributed by atoms with Crippen molar-refractivity contribution in [2.24, 2.45) is 5.92 Å². The molecule has 0 aromatic rings. The van der Waals surface area contributed by atoms with Crippen molar-refractivity contribution in [1.29, 1.82) is 0 Å². The lowest BCUT2D eigenvalue weighted by Gasteiger charge is -2.20. The lowest BCUT2D eigenvalue weighted by atomic mass is 10.1. The molecule has 94 valence electrons. The van der Waals surface area contributed by atoms with Gasteiger partial charge in [0.1, 0.15) is 0 Å².